The minimum Gasteiger partial charge on any atom is -0.462 e. The first-order chi connectivity index (χ1) is 12.5. The molecule has 6 nitrogen and oxygen atoms in total. The summed E-state index contributed by atoms with van der Waals surface area (Å²) in [5.74, 6) is -0.925. The molecule has 2 aromatic rings. The lowest BCUT2D eigenvalue weighted by molar-refractivity contribution is -0.116. The Morgan fingerprint density at radius 3 is 2.31 bits per heavy atom. The van der Waals surface area contributed by atoms with Gasteiger partial charge in [0.15, 0.2) is 0 Å². The molecule has 0 bridgehead atoms. The van der Waals surface area contributed by atoms with Gasteiger partial charge in [-0.1, -0.05) is 30.3 Å². The van der Waals surface area contributed by atoms with Gasteiger partial charge in [-0.25, -0.2) is 4.79 Å². The van der Waals surface area contributed by atoms with Crippen molar-refractivity contribution < 1.29 is 19.1 Å². The first kappa shape index (κ1) is 19.2. The van der Waals surface area contributed by atoms with Crippen LogP contribution in [0.2, 0.25) is 0 Å². The van der Waals surface area contributed by atoms with Crippen LogP contribution in [-0.2, 0) is 9.53 Å². The largest absolute Gasteiger partial charge is 0.462 e. The van der Waals surface area contributed by atoms with Crippen LogP contribution in [0.5, 0.6) is 0 Å². The lowest BCUT2D eigenvalue weighted by Crippen LogP contribution is -2.38. The summed E-state index contributed by atoms with van der Waals surface area (Å²) in [5, 5.41) is 2.78. The summed E-state index contributed by atoms with van der Waals surface area (Å²) in [5.41, 5.74) is 1.33. The molecule has 0 heterocycles. The highest BCUT2D eigenvalue weighted by Crippen LogP contribution is 2.21. The van der Waals surface area contributed by atoms with Gasteiger partial charge in [0.1, 0.15) is 0 Å². The van der Waals surface area contributed by atoms with Crippen molar-refractivity contribution in [3.63, 3.8) is 0 Å². The molecule has 0 fully saturated rings. The highest BCUT2D eigenvalue weighted by atomic mass is 16.5. The summed E-state index contributed by atoms with van der Waals surface area (Å²) >= 11 is 0. The summed E-state index contributed by atoms with van der Waals surface area (Å²) in [6.07, 6.45) is 0. The van der Waals surface area contributed by atoms with Gasteiger partial charge in [-0.05, 0) is 31.2 Å². The molecule has 6 heteroatoms. The molecule has 136 valence electrons. The van der Waals surface area contributed by atoms with Crippen molar-refractivity contribution >= 4 is 23.5 Å². The summed E-state index contributed by atoms with van der Waals surface area (Å²) in [4.78, 5) is 37.8. The summed E-state index contributed by atoms with van der Waals surface area (Å²) in [6, 6.07) is 15.6. The molecule has 0 atom stereocenters. The fourth-order valence-corrected chi connectivity index (χ4v) is 2.51. The molecule has 0 aliphatic heterocycles. The van der Waals surface area contributed by atoms with E-state index in [1.54, 1.807) is 55.5 Å². The maximum Gasteiger partial charge on any atom is 0.340 e. The Balaban J connectivity index is 2.09. The molecule has 0 radical (unpaired) electrons. The fourth-order valence-electron chi connectivity index (χ4n) is 2.51. The van der Waals surface area contributed by atoms with E-state index < -0.39 is 5.97 Å². The van der Waals surface area contributed by atoms with Gasteiger partial charge >= 0.3 is 5.97 Å². The zero-order valence-electron chi connectivity index (χ0n) is 14.9. The Kier molecular flexibility index (Phi) is 6.91. The number of hydrogen-bond donors (Lipinski definition) is 1. The van der Waals surface area contributed by atoms with Crippen LogP contribution >= 0.6 is 0 Å². The quantitative estimate of drug-likeness (QED) is 0.776. The molecule has 0 saturated carbocycles. The first-order valence-corrected chi connectivity index (χ1v) is 8.42. The molecule has 0 aromatic heterocycles. The lowest BCUT2D eigenvalue weighted by Gasteiger charge is -2.23. The molecule has 0 spiro atoms. The van der Waals surface area contributed by atoms with E-state index in [0.717, 1.165) is 0 Å². The monoisotopic (exact) mass is 354 g/mol. The minimum absolute atomic E-state index is 0.215. The second kappa shape index (κ2) is 9.36. The average molecular weight is 354 g/mol. The highest BCUT2D eigenvalue weighted by Gasteiger charge is 2.20. The Morgan fingerprint density at radius 2 is 1.65 bits per heavy atom. The summed E-state index contributed by atoms with van der Waals surface area (Å²) < 4.78 is 5.05. The van der Waals surface area contributed by atoms with Crippen molar-refractivity contribution in [2.24, 2.45) is 0 Å². The second-order valence-corrected chi connectivity index (χ2v) is 5.53. The molecule has 0 saturated heterocycles. The number of anilines is 1. The maximum atomic E-state index is 12.1. The summed E-state index contributed by atoms with van der Waals surface area (Å²) in [6.45, 7) is 3.89. The van der Waals surface area contributed by atoms with E-state index in [1.165, 1.54) is 11.8 Å². The number of amides is 2. The van der Waals surface area contributed by atoms with E-state index in [0.29, 0.717) is 16.8 Å². The van der Waals surface area contributed by atoms with Crippen LogP contribution in [0.15, 0.2) is 54.6 Å². The van der Waals surface area contributed by atoms with Crippen molar-refractivity contribution in [3.05, 3.63) is 65.7 Å². The van der Waals surface area contributed by atoms with Crippen LogP contribution in [0, 0.1) is 0 Å². The number of para-hydroxylation sites is 1. The number of carbonyl (C=O) groups excluding carboxylic acids is 3. The van der Waals surface area contributed by atoms with E-state index in [4.69, 9.17) is 4.74 Å². The van der Waals surface area contributed by atoms with E-state index in [9.17, 15) is 14.4 Å². The van der Waals surface area contributed by atoms with Gasteiger partial charge in [0.25, 0.3) is 5.91 Å². The number of ether oxygens (including phenoxy) is 1. The molecule has 2 amide bonds. The number of rotatable bonds is 7. The first-order valence-electron chi connectivity index (χ1n) is 8.42. The smallest absolute Gasteiger partial charge is 0.340 e. The van der Waals surface area contributed by atoms with Gasteiger partial charge in [-0.3, -0.25) is 9.59 Å². The molecule has 0 unspecified atom stereocenters. The number of nitrogens with zero attached hydrogens (tertiary/aromatic N) is 1. The maximum absolute atomic E-state index is 12.1. The Morgan fingerprint density at radius 1 is 1.00 bits per heavy atom. The van der Waals surface area contributed by atoms with Crippen LogP contribution in [0.1, 0.15) is 34.6 Å². The van der Waals surface area contributed by atoms with E-state index in [-0.39, 0.29) is 31.5 Å². The van der Waals surface area contributed by atoms with Crippen LogP contribution < -0.4 is 10.2 Å². The third-order valence-corrected chi connectivity index (χ3v) is 3.73. The minimum atomic E-state index is -0.484. The third kappa shape index (κ3) is 4.92. The van der Waals surface area contributed by atoms with Crippen molar-refractivity contribution in [3.8, 4) is 0 Å². The fraction of sp³-hybridized carbons (Fsp3) is 0.250. The van der Waals surface area contributed by atoms with Crippen molar-refractivity contribution in [2.45, 2.75) is 13.8 Å². The lowest BCUT2D eigenvalue weighted by atomic mass is 10.1. The molecular weight excluding hydrogens is 332 g/mol. The predicted molar refractivity (Wildman–Crippen MR) is 99.2 cm³/mol. The van der Waals surface area contributed by atoms with Crippen LogP contribution in [-0.4, -0.2) is 37.5 Å². The average Bonchev–Trinajstić information content (AvgIpc) is 2.65. The van der Waals surface area contributed by atoms with Crippen molar-refractivity contribution in [1.29, 1.82) is 0 Å². The standard InChI is InChI=1S/C20H22N2O4/c1-3-26-20(25)17-11-7-8-12-18(17)22(15(2)23)14-13-21-19(24)16-9-5-4-6-10-16/h4-12H,3,13-14H2,1-2H3,(H,21,24). The molecule has 0 aliphatic rings. The highest BCUT2D eigenvalue weighted by molar-refractivity contribution is 6.02. The molecule has 0 aliphatic carbocycles. The number of benzene rings is 2. The second-order valence-electron chi connectivity index (χ2n) is 5.53. The molecule has 2 rings (SSSR count). The van der Waals surface area contributed by atoms with Crippen LogP contribution in [0.3, 0.4) is 0 Å². The van der Waals surface area contributed by atoms with E-state index >= 15 is 0 Å². The van der Waals surface area contributed by atoms with Gasteiger partial charge in [-0.2, -0.15) is 0 Å². The Hall–Kier alpha value is -3.15. The van der Waals surface area contributed by atoms with Crippen molar-refractivity contribution in [2.75, 3.05) is 24.6 Å². The van der Waals surface area contributed by atoms with Gasteiger partial charge in [0.2, 0.25) is 5.91 Å². The zero-order valence-corrected chi connectivity index (χ0v) is 14.9. The van der Waals surface area contributed by atoms with Crippen LogP contribution in [0.25, 0.3) is 0 Å². The third-order valence-electron chi connectivity index (χ3n) is 3.73. The Bertz CT molecular complexity index is 774. The number of hydrogen-bond acceptors (Lipinski definition) is 4. The molecular formula is C20H22N2O4. The van der Waals surface area contributed by atoms with Gasteiger partial charge in [0, 0.05) is 25.6 Å². The van der Waals surface area contributed by atoms with Gasteiger partial charge in [0.05, 0.1) is 17.9 Å². The number of carbonyl (C=O) groups is 3. The van der Waals surface area contributed by atoms with Crippen LogP contribution in [0.4, 0.5) is 5.69 Å². The Labute approximate surface area is 152 Å². The predicted octanol–water partition coefficient (Wildman–Crippen LogP) is 2.65. The SMILES string of the molecule is CCOC(=O)c1ccccc1N(CCNC(=O)c1ccccc1)C(C)=O. The van der Waals surface area contributed by atoms with Gasteiger partial charge < -0.3 is 15.0 Å². The number of nitrogens with one attached hydrogen (secondary N) is 1. The zero-order chi connectivity index (χ0) is 18.9. The van der Waals surface area contributed by atoms with Crippen molar-refractivity contribution in [1.82, 2.24) is 5.32 Å². The normalized spacial score (nSPS) is 10.1. The molecule has 2 aromatic carbocycles. The molecule has 26 heavy (non-hydrogen) atoms. The molecule has 1 N–H and O–H groups in total. The van der Waals surface area contributed by atoms with E-state index in [2.05, 4.69) is 5.32 Å². The topological polar surface area (TPSA) is 75.7 Å². The summed E-state index contributed by atoms with van der Waals surface area (Å²) in [7, 11) is 0. The van der Waals surface area contributed by atoms with E-state index in [1.807, 2.05) is 6.07 Å². The number of esters is 1. The van der Waals surface area contributed by atoms with Gasteiger partial charge in [-0.15, -0.1) is 0 Å².